The van der Waals surface area contributed by atoms with Gasteiger partial charge in [0.1, 0.15) is 0 Å². The third kappa shape index (κ3) is 2.78. The van der Waals surface area contributed by atoms with E-state index in [4.69, 9.17) is 4.98 Å². The first-order valence-electron chi connectivity index (χ1n) is 7.66. The summed E-state index contributed by atoms with van der Waals surface area (Å²) < 4.78 is 0. The van der Waals surface area contributed by atoms with Crippen molar-refractivity contribution in [3.05, 3.63) is 41.6 Å². The van der Waals surface area contributed by atoms with Gasteiger partial charge in [0.05, 0.1) is 5.52 Å². The molecule has 0 N–H and O–H groups in total. The van der Waals surface area contributed by atoms with Crippen LogP contribution in [0.25, 0.3) is 10.9 Å². The Kier molecular flexibility index (Phi) is 3.44. The molecule has 0 unspecified atom stereocenters. The van der Waals surface area contributed by atoms with Crippen molar-refractivity contribution in [3.8, 4) is 0 Å². The number of carbonyl (C=O) groups is 1. The molecule has 1 aliphatic heterocycles. The van der Waals surface area contributed by atoms with E-state index in [1.165, 1.54) is 0 Å². The highest BCUT2D eigenvalue weighted by molar-refractivity contribution is 5.98. The SMILES string of the molecule is CC(C)(C)c1ccc2cc(C(=O)N3CCCC3)ccc2n1. The molecule has 0 atom stereocenters. The molecule has 1 aromatic carbocycles. The van der Waals surface area contributed by atoms with E-state index in [1.54, 1.807) is 0 Å². The Hall–Kier alpha value is -1.90. The Bertz CT molecular complexity index is 679. The molecular weight excluding hydrogens is 260 g/mol. The summed E-state index contributed by atoms with van der Waals surface area (Å²) in [5.74, 6) is 0.147. The molecule has 1 amide bonds. The van der Waals surface area contributed by atoms with Crippen LogP contribution in [0.15, 0.2) is 30.3 Å². The van der Waals surface area contributed by atoms with E-state index in [9.17, 15) is 4.79 Å². The summed E-state index contributed by atoms with van der Waals surface area (Å²) in [4.78, 5) is 19.1. The van der Waals surface area contributed by atoms with Crippen LogP contribution in [0.3, 0.4) is 0 Å². The van der Waals surface area contributed by atoms with Crippen LogP contribution in [0, 0.1) is 0 Å². The minimum Gasteiger partial charge on any atom is -0.339 e. The summed E-state index contributed by atoms with van der Waals surface area (Å²) in [5.41, 5.74) is 2.85. The van der Waals surface area contributed by atoms with Gasteiger partial charge in [-0.1, -0.05) is 26.8 Å². The molecule has 0 radical (unpaired) electrons. The second-order valence-corrected chi connectivity index (χ2v) is 6.85. The maximum absolute atomic E-state index is 12.4. The quantitative estimate of drug-likeness (QED) is 0.797. The monoisotopic (exact) mass is 282 g/mol. The molecule has 21 heavy (non-hydrogen) atoms. The molecule has 2 aromatic rings. The number of amides is 1. The van der Waals surface area contributed by atoms with Crippen molar-refractivity contribution in [2.45, 2.75) is 39.0 Å². The largest absolute Gasteiger partial charge is 0.339 e. The third-order valence-electron chi connectivity index (χ3n) is 4.10. The number of rotatable bonds is 1. The topological polar surface area (TPSA) is 33.2 Å². The average Bonchev–Trinajstić information content (AvgIpc) is 2.98. The van der Waals surface area contributed by atoms with Crippen LogP contribution in [-0.4, -0.2) is 28.9 Å². The lowest BCUT2D eigenvalue weighted by molar-refractivity contribution is 0.0793. The standard InChI is InChI=1S/C18H22N2O/c1-18(2,3)16-9-7-13-12-14(6-8-15(13)19-16)17(21)20-10-4-5-11-20/h6-9,12H,4-5,10-11H2,1-3H3. The fraction of sp³-hybridized carbons (Fsp3) is 0.444. The summed E-state index contributed by atoms with van der Waals surface area (Å²) in [5, 5.41) is 1.04. The zero-order valence-electron chi connectivity index (χ0n) is 13.0. The van der Waals surface area contributed by atoms with Gasteiger partial charge in [0.25, 0.3) is 5.91 Å². The lowest BCUT2D eigenvalue weighted by atomic mass is 9.91. The van der Waals surface area contributed by atoms with Gasteiger partial charge in [-0.25, -0.2) is 0 Å². The van der Waals surface area contributed by atoms with Gasteiger partial charge in [0, 0.05) is 35.1 Å². The fourth-order valence-corrected chi connectivity index (χ4v) is 2.78. The Morgan fingerprint density at radius 1 is 1.10 bits per heavy atom. The summed E-state index contributed by atoms with van der Waals surface area (Å²) in [7, 11) is 0. The number of likely N-dealkylation sites (tertiary alicyclic amines) is 1. The predicted molar refractivity (Wildman–Crippen MR) is 85.6 cm³/mol. The van der Waals surface area contributed by atoms with Gasteiger partial charge < -0.3 is 4.90 Å². The van der Waals surface area contributed by atoms with E-state index in [0.717, 1.165) is 48.1 Å². The van der Waals surface area contributed by atoms with Crippen molar-refractivity contribution in [3.63, 3.8) is 0 Å². The lowest BCUT2D eigenvalue weighted by Gasteiger charge is -2.18. The van der Waals surface area contributed by atoms with Crippen LogP contribution in [0.2, 0.25) is 0 Å². The highest BCUT2D eigenvalue weighted by atomic mass is 16.2. The van der Waals surface area contributed by atoms with E-state index in [1.807, 2.05) is 23.1 Å². The molecule has 1 fully saturated rings. The first-order chi connectivity index (χ1) is 9.95. The van der Waals surface area contributed by atoms with Crippen molar-refractivity contribution >= 4 is 16.8 Å². The van der Waals surface area contributed by atoms with E-state index in [2.05, 4.69) is 32.9 Å². The van der Waals surface area contributed by atoms with Crippen LogP contribution >= 0.6 is 0 Å². The maximum atomic E-state index is 12.4. The summed E-state index contributed by atoms with van der Waals surface area (Å²) in [6.07, 6.45) is 2.24. The molecule has 1 saturated heterocycles. The van der Waals surface area contributed by atoms with E-state index >= 15 is 0 Å². The first kappa shape index (κ1) is 14.1. The summed E-state index contributed by atoms with van der Waals surface area (Å²) >= 11 is 0. The number of benzene rings is 1. The van der Waals surface area contributed by atoms with E-state index < -0.39 is 0 Å². The summed E-state index contributed by atoms with van der Waals surface area (Å²) in [6.45, 7) is 8.25. The zero-order chi connectivity index (χ0) is 15.0. The molecule has 3 heteroatoms. The Morgan fingerprint density at radius 2 is 1.81 bits per heavy atom. The minimum absolute atomic E-state index is 0.0399. The van der Waals surface area contributed by atoms with Gasteiger partial charge in [-0.3, -0.25) is 9.78 Å². The number of pyridine rings is 1. The van der Waals surface area contributed by atoms with Crippen molar-refractivity contribution in [1.29, 1.82) is 0 Å². The van der Waals surface area contributed by atoms with Gasteiger partial charge in [-0.15, -0.1) is 0 Å². The highest BCUT2D eigenvalue weighted by Gasteiger charge is 2.20. The van der Waals surface area contributed by atoms with Gasteiger partial charge in [0.2, 0.25) is 0 Å². The molecule has 0 spiro atoms. The van der Waals surface area contributed by atoms with Gasteiger partial charge >= 0.3 is 0 Å². The predicted octanol–water partition coefficient (Wildman–Crippen LogP) is 3.77. The molecule has 110 valence electrons. The van der Waals surface area contributed by atoms with E-state index in [0.29, 0.717) is 0 Å². The maximum Gasteiger partial charge on any atom is 0.253 e. The Labute approximate surface area is 126 Å². The third-order valence-corrected chi connectivity index (χ3v) is 4.10. The number of hydrogen-bond acceptors (Lipinski definition) is 2. The van der Waals surface area contributed by atoms with Crippen molar-refractivity contribution in [1.82, 2.24) is 9.88 Å². The molecule has 1 aliphatic rings. The van der Waals surface area contributed by atoms with Gasteiger partial charge in [-0.2, -0.15) is 0 Å². The van der Waals surface area contributed by atoms with Crippen molar-refractivity contribution < 1.29 is 4.79 Å². The van der Waals surface area contributed by atoms with Crippen LogP contribution in [-0.2, 0) is 5.41 Å². The fourth-order valence-electron chi connectivity index (χ4n) is 2.78. The van der Waals surface area contributed by atoms with Gasteiger partial charge in [0.15, 0.2) is 0 Å². The Morgan fingerprint density at radius 3 is 2.48 bits per heavy atom. The molecule has 2 heterocycles. The minimum atomic E-state index is 0.0399. The second-order valence-electron chi connectivity index (χ2n) is 6.85. The number of aromatic nitrogens is 1. The van der Waals surface area contributed by atoms with Gasteiger partial charge in [-0.05, 0) is 37.1 Å². The lowest BCUT2D eigenvalue weighted by Crippen LogP contribution is -2.27. The average molecular weight is 282 g/mol. The zero-order valence-corrected chi connectivity index (χ0v) is 13.0. The number of fused-ring (bicyclic) bond motifs is 1. The van der Waals surface area contributed by atoms with Crippen LogP contribution < -0.4 is 0 Å². The normalized spacial score (nSPS) is 15.7. The van der Waals surface area contributed by atoms with Crippen LogP contribution in [0.1, 0.15) is 49.7 Å². The highest BCUT2D eigenvalue weighted by Crippen LogP contribution is 2.24. The second kappa shape index (κ2) is 5.14. The first-order valence-corrected chi connectivity index (χ1v) is 7.66. The van der Waals surface area contributed by atoms with Crippen LogP contribution in [0.4, 0.5) is 0 Å². The number of hydrogen-bond donors (Lipinski definition) is 0. The molecule has 1 aromatic heterocycles. The van der Waals surface area contributed by atoms with Crippen molar-refractivity contribution in [2.75, 3.05) is 13.1 Å². The summed E-state index contributed by atoms with van der Waals surface area (Å²) in [6, 6.07) is 9.97. The number of nitrogens with zero attached hydrogens (tertiary/aromatic N) is 2. The molecule has 3 nitrogen and oxygen atoms in total. The molecule has 0 saturated carbocycles. The molecule has 0 bridgehead atoms. The molecule has 3 rings (SSSR count). The molecule has 0 aliphatic carbocycles. The molecular formula is C18H22N2O. The number of carbonyl (C=O) groups excluding carboxylic acids is 1. The van der Waals surface area contributed by atoms with E-state index in [-0.39, 0.29) is 11.3 Å². The Balaban J connectivity index is 1.95. The smallest absolute Gasteiger partial charge is 0.253 e. The van der Waals surface area contributed by atoms with Crippen LogP contribution in [0.5, 0.6) is 0 Å². The van der Waals surface area contributed by atoms with Crippen molar-refractivity contribution in [2.24, 2.45) is 0 Å².